The van der Waals surface area contributed by atoms with E-state index in [4.69, 9.17) is 4.98 Å². The van der Waals surface area contributed by atoms with E-state index < -0.39 is 17.8 Å². The maximum atomic E-state index is 14.6. The summed E-state index contributed by atoms with van der Waals surface area (Å²) in [5.74, 6) is -1.63. The van der Waals surface area contributed by atoms with Gasteiger partial charge < -0.3 is 14.2 Å². The van der Waals surface area contributed by atoms with Gasteiger partial charge in [0.05, 0.1) is 5.69 Å². The highest BCUT2D eigenvalue weighted by molar-refractivity contribution is 6.06. The van der Waals surface area contributed by atoms with Gasteiger partial charge in [-0.3, -0.25) is 24.6 Å². The number of aryl methyl sites for hydroxylation is 1. The molecule has 10 heteroatoms. The van der Waals surface area contributed by atoms with Gasteiger partial charge in [-0.15, -0.1) is 0 Å². The zero-order chi connectivity index (χ0) is 25.0. The van der Waals surface area contributed by atoms with Crippen molar-refractivity contribution in [1.29, 1.82) is 0 Å². The zero-order valence-corrected chi connectivity index (χ0v) is 20.0. The monoisotopic (exact) mass is 490 g/mol. The molecule has 0 saturated carbocycles. The van der Waals surface area contributed by atoms with E-state index >= 15 is 0 Å². The van der Waals surface area contributed by atoms with Crippen LogP contribution >= 0.6 is 0 Å². The number of carbonyl (C=O) groups is 3. The normalized spacial score (nSPS) is 20.8. The van der Waals surface area contributed by atoms with E-state index in [2.05, 4.69) is 34.4 Å². The first-order valence-electron chi connectivity index (χ1n) is 12.2. The first-order valence-corrected chi connectivity index (χ1v) is 12.2. The van der Waals surface area contributed by atoms with Crippen molar-refractivity contribution in [1.82, 2.24) is 24.5 Å². The number of benzene rings is 1. The van der Waals surface area contributed by atoms with Crippen molar-refractivity contribution < 1.29 is 18.8 Å². The maximum Gasteiger partial charge on any atom is 0.255 e. The molecule has 9 nitrogen and oxygen atoms in total. The molecule has 3 amide bonds. The number of nitrogens with one attached hydrogen (secondary N) is 1. The molecule has 3 aliphatic heterocycles. The van der Waals surface area contributed by atoms with Crippen molar-refractivity contribution in [2.75, 3.05) is 31.1 Å². The Hall–Kier alpha value is -3.79. The average Bonchev–Trinajstić information content (AvgIpc) is 3.39. The summed E-state index contributed by atoms with van der Waals surface area (Å²) in [4.78, 5) is 47.7. The van der Waals surface area contributed by atoms with Crippen LogP contribution < -0.4 is 10.2 Å². The lowest BCUT2D eigenvalue weighted by Crippen LogP contribution is -2.52. The molecule has 3 aromatic rings. The number of imidazole rings is 1. The fourth-order valence-electron chi connectivity index (χ4n) is 5.50. The third-order valence-electron chi connectivity index (χ3n) is 7.34. The molecule has 1 N–H and O–H groups in total. The summed E-state index contributed by atoms with van der Waals surface area (Å²) in [5.41, 5.74) is 4.86. The number of imide groups is 1. The zero-order valence-electron chi connectivity index (χ0n) is 20.0. The van der Waals surface area contributed by atoms with Gasteiger partial charge in [-0.05, 0) is 37.1 Å². The van der Waals surface area contributed by atoms with Crippen LogP contribution in [0.5, 0.6) is 0 Å². The minimum atomic E-state index is -0.718. The molecule has 1 atom stereocenters. The first-order chi connectivity index (χ1) is 17.4. The highest BCUT2D eigenvalue weighted by atomic mass is 19.1. The summed E-state index contributed by atoms with van der Waals surface area (Å²) in [6.45, 7) is 5.96. The van der Waals surface area contributed by atoms with Crippen LogP contribution in [0.4, 0.5) is 10.1 Å². The minimum Gasteiger partial charge on any atom is -0.369 e. The molecule has 0 bridgehead atoms. The van der Waals surface area contributed by atoms with E-state index in [1.807, 2.05) is 16.5 Å². The number of carbonyl (C=O) groups excluding carboxylic acids is 3. The average molecular weight is 491 g/mol. The van der Waals surface area contributed by atoms with Gasteiger partial charge in [0.1, 0.15) is 17.5 Å². The molecular formula is C26H27FN6O3. The van der Waals surface area contributed by atoms with Crippen molar-refractivity contribution in [3.8, 4) is 0 Å². The fraction of sp³-hybridized carbons (Fsp3) is 0.385. The van der Waals surface area contributed by atoms with Crippen LogP contribution in [0.2, 0.25) is 0 Å². The predicted molar refractivity (Wildman–Crippen MR) is 130 cm³/mol. The van der Waals surface area contributed by atoms with Gasteiger partial charge in [0, 0.05) is 74.9 Å². The van der Waals surface area contributed by atoms with E-state index in [0.717, 1.165) is 36.5 Å². The van der Waals surface area contributed by atoms with Crippen LogP contribution in [-0.4, -0.2) is 69.1 Å². The smallest absolute Gasteiger partial charge is 0.255 e. The molecule has 2 aromatic heterocycles. The summed E-state index contributed by atoms with van der Waals surface area (Å²) in [5, 5.41) is 2.31. The molecule has 1 unspecified atom stereocenters. The fourth-order valence-corrected chi connectivity index (χ4v) is 5.50. The Bertz CT molecular complexity index is 1390. The van der Waals surface area contributed by atoms with Crippen molar-refractivity contribution >= 4 is 29.1 Å². The van der Waals surface area contributed by atoms with Gasteiger partial charge in [-0.25, -0.2) is 9.37 Å². The molecule has 0 radical (unpaired) electrons. The Morgan fingerprint density at radius 3 is 2.67 bits per heavy atom. The number of nitrogens with zero attached hydrogens (tertiary/aromatic N) is 5. The number of pyridine rings is 1. The van der Waals surface area contributed by atoms with E-state index in [0.29, 0.717) is 24.3 Å². The molecule has 0 spiro atoms. The number of anilines is 1. The van der Waals surface area contributed by atoms with E-state index in [9.17, 15) is 18.8 Å². The standard InChI is InChI=1S/C26H27FN6O3/c1-16-2-4-23-28-18(14-32(23)12-16)13-30-6-8-31(9-7-30)22-11-17(27)10-19-20(22)15-33(26(19)36)21-3-5-24(34)29-25(21)35/h2,4,10-12,14,21H,3,5-9,13,15H2,1H3,(H,29,34,35). The molecular weight excluding hydrogens is 463 g/mol. The van der Waals surface area contributed by atoms with Gasteiger partial charge in [0.2, 0.25) is 11.8 Å². The van der Waals surface area contributed by atoms with Gasteiger partial charge >= 0.3 is 0 Å². The van der Waals surface area contributed by atoms with E-state index in [-0.39, 0.29) is 31.2 Å². The van der Waals surface area contributed by atoms with Crippen LogP contribution in [0.25, 0.3) is 5.65 Å². The summed E-state index contributed by atoms with van der Waals surface area (Å²) in [6, 6.07) is 6.09. The second kappa shape index (κ2) is 8.70. The summed E-state index contributed by atoms with van der Waals surface area (Å²) < 4.78 is 16.6. The van der Waals surface area contributed by atoms with Crippen LogP contribution in [0.3, 0.4) is 0 Å². The summed E-state index contributed by atoms with van der Waals surface area (Å²) >= 11 is 0. The minimum absolute atomic E-state index is 0.186. The molecule has 1 aromatic carbocycles. The molecule has 5 heterocycles. The molecule has 2 fully saturated rings. The van der Waals surface area contributed by atoms with Gasteiger partial charge in [0.25, 0.3) is 5.91 Å². The molecule has 2 saturated heterocycles. The van der Waals surface area contributed by atoms with Crippen LogP contribution in [-0.2, 0) is 22.7 Å². The number of piperazine rings is 1. The van der Waals surface area contributed by atoms with Crippen LogP contribution in [0.15, 0.2) is 36.7 Å². The van der Waals surface area contributed by atoms with Gasteiger partial charge in [0.15, 0.2) is 0 Å². The number of hydrogen-bond acceptors (Lipinski definition) is 6. The predicted octanol–water partition coefficient (Wildman–Crippen LogP) is 1.87. The largest absolute Gasteiger partial charge is 0.369 e. The number of fused-ring (bicyclic) bond motifs is 2. The third kappa shape index (κ3) is 4.01. The van der Waals surface area contributed by atoms with Crippen molar-refractivity contribution in [2.24, 2.45) is 0 Å². The van der Waals surface area contributed by atoms with Crippen molar-refractivity contribution in [3.05, 3.63) is 64.9 Å². The second-order valence-electron chi connectivity index (χ2n) is 9.82. The quantitative estimate of drug-likeness (QED) is 0.562. The lowest BCUT2D eigenvalue weighted by atomic mass is 10.0. The lowest BCUT2D eigenvalue weighted by Gasteiger charge is -2.36. The maximum absolute atomic E-state index is 14.6. The first kappa shape index (κ1) is 22.7. The topological polar surface area (TPSA) is 90.3 Å². The number of hydrogen-bond donors (Lipinski definition) is 1. The van der Waals surface area contributed by atoms with Crippen molar-refractivity contribution in [2.45, 2.75) is 38.9 Å². The molecule has 3 aliphatic rings. The Labute approximate surface area is 207 Å². The highest BCUT2D eigenvalue weighted by Gasteiger charge is 2.41. The van der Waals surface area contributed by atoms with Gasteiger partial charge in [-0.1, -0.05) is 6.07 Å². The Morgan fingerprint density at radius 2 is 1.89 bits per heavy atom. The highest BCUT2D eigenvalue weighted by Crippen LogP contribution is 2.35. The van der Waals surface area contributed by atoms with Crippen molar-refractivity contribution in [3.63, 3.8) is 0 Å². The third-order valence-corrected chi connectivity index (χ3v) is 7.34. The number of piperidine rings is 1. The SMILES string of the molecule is Cc1ccc2nc(CN3CCN(c4cc(F)cc5c4CN(C4CCC(=O)NC4=O)C5=O)CC3)cn2c1. The molecule has 0 aliphatic carbocycles. The second-order valence-corrected chi connectivity index (χ2v) is 9.82. The van der Waals surface area contributed by atoms with E-state index in [1.165, 1.54) is 22.6 Å². The Kier molecular flexibility index (Phi) is 5.48. The van der Waals surface area contributed by atoms with Crippen LogP contribution in [0, 0.1) is 12.7 Å². The lowest BCUT2D eigenvalue weighted by molar-refractivity contribution is -0.136. The summed E-state index contributed by atoms with van der Waals surface area (Å²) in [7, 11) is 0. The number of halogens is 1. The van der Waals surface area contributed by atoms with Crippen LogP contribution in [0.1, 0.15) is 40.0 Å². The number of aromatic nitrogens is 2. The molecule has 36 heavy (non-hydrogen) atoms. The Balaban J connectivity index is 1.16. The number of rotatable bonds is 4. The van der Waals surface area contributed by atoms with E-state index in [1.54, 1.807) is 0 Å². The molecule has 6 rings (SSSR count). The Morgan fingerprint density at radius 1 is 1.08 bits per heavy atom. The molecule has 186 valence electrons. The number of amides is 3. The summed E-state index contributed by atoms with van der Waals surface area (Å²) in [6.07, 6.45) is 4.59. The van der Waals surface area contributed by atoms with Gasteiger partial charge in [-0.2, -0.15) is 0 Å².